The summed E-state index contributed by atoms with van der Waals surface area (Å²) in [5, 5.41) is 0. The quantitative estimate of drug-likeness (QED) is 0.0288. The van der Waals surface area contributed by atoms with Crippen molar-refractivity contribution in [1.29, 1.82) is 0 Å². The first kappa shape index (κ1) is 58.7. The molecule has 1 aromatic rings. The van der Waals surface area contributed by atoms with E-state index in [1.54, 1.807) is 0 Å². The standard InChI is InChI=1S/C59H101NO4S/c1-14-16-17-18-19-20-21-22-23-24-25-26-27-28-31-42-56(64-65(12,13)61-48-33-30-29-32-47-60(11)46-15-2)62-57-52(7)53(8)58-55(54(57)9)43-45-59(10,63-58)44-36-41-51(6)40-35-39-50(5)38-34-37-49(3)4/h2,22-23,37,39,41,56H,14,16-21,24-36,38,40,42-48H2,1,3-13H3/b23-22-,50-39+,51-41+. The minimum atomic E-state index is -1.78. The predicted molar refractivity (Wildman–Crippen MR) is 288 cm³/mol. The number of terminal acetylenes is 1. The average molecular weight is 921 g/mol. The van der Waals surface area contributed by atoms with Gasteiger partial charge in [0, 0.05) is 24.5 Å². The highest BCUT2D eigenvalue weighted by molar-refractivity contribution is 8.24. The molecule has 2 rings (SSSR count). The van der Waals surface area contributed by atoms with Gasteiger partial charge in [-0.2, -0.15) is 10.6 Å². The molecule has 0 bridgehead atoms. The van der Waals surface area contributed by atoms with Gasteiger partial charge in [0.25, 0.3) is 0 Å². The summed E-state index contributed by atoms with van der Waals surface area (Å²) >= 11 is 0. The maximum Gasteiger partial charge on any atom is 0.220 e. The summed E-state index contributed by atoms with van der Waals surface area (Å²) in [6, 6.07) is 0. The zero-order valence-electron chi connectivity index (χ0n) is 44.5. The number of fused-ring (bicyclic) bond motifs is 1. The summed E-state index contributed by atoms with van der Waals surface area (Å²) in [6.45, 7) is 22.6. The van der Waals surface area contributed by atoms with Crippen molar-refractivity contribution >= 4 is 10.6 Å². The molecule has 0 saturated heterocycles. The van der Waals surface area contributed by atoms with Gasteiger partial charge in [0.2, 0.25) is 6.29 Å². The van der Waals surface area contributed by atoms with E-state index in [0.29, 0.717) is 13.2 Å². The van der Waals surface area contributed by atoms with Crippen LogP contribution in [0.1, 0.15) is 224 Å². The molecule has 1 aromatic carbocycles. The Balaban J connectivity index is 2.03. The van der Waals surface area contributed by atoms with E-state index < -0.39 is 10.6 Å². The first-order chi connectivity index (χ1) is 31.1. The number of hydrogen-bond donors (Lipinski definition) is 0. The summed E-state index contributed by atoms with van der Waals surface area (Å²) < 4.78 is 27.4. The number of benzene rings is 1. The molecule has 1 aliphatic heterocycles. The van der Waals surface area contributed by atoms with Crippen LogP contribution in [0.15, 0.2) is 47.1 Å². The van der Waals surface area contributed by atoms with E-state index in [-0.39, 0.29) is 11.9 Å². The van der Waals surface area contributed by atoms with Gasteiger partial charge in [0.15, 0.2) is 0 Å². The van der Waals surface area contributed by atoms with Crippen LogP contribution in [0.3, 0.4) is 0 Å². The molecule has 6 heteroatoms. The van der Waals surface area contributed by atoms with E-state index in [9.17, 15) is 0 Å². The SMILES string of the molecule is C#CCN(C)CCCCCCOS(C)(C)OC(CCCCCCC/C=C\CCCCCCCC)Oc1c(C)c(C)c2c(c1C)CCC(C)(CC/C=C(\C)CC/C=C(\C)CCC=C(C)C)O2. The summed E-state index contributed by atoms with van der Waals surface area (Å²) in [4.78, 5) is 2.21. The topological polar surface area (TPSA) is 40.2 Å². The maximum absolute atomic E-state index is 7.02. The van der Waals surface area contributed by atoms with Crippen LogP contribution in [0.5, 0.6) is 11.5 Å². The molecule has 0 aliphatic carbocycles. The fourth-order valence-electron chi connectivity index (χ4n) is 8.86. The predicted octanol–water partition coefficient (Wildman–Crippen LogP) is 17.7. The molecule has 0 fully saturated rings. The first-order valence-corrected chi connectivity index (χ1v) is 28.7. The lowest BCUT2D eigenvalue weighted by atomic mass is 9.85. The van der Waals surface area contributed by atoms with Crippen LogP contribution in [0.2, 0.25) is 0 Å². The Labute approximate surface area is 405 Å². The fourth-order valence-corrected chi connectivity index (χ4v) is 10.1. The van der Waals surface area contributed by atoms with Crippen LogP contribution < -0.4 is 9.47 Å². The number of rotatable bonds is 37. The average Bonchev–Trinajstić information content (AvgIpc) is 3.25. The van der Waals surface area contributed by atoms with E-state index in [1.165, 1.54) is 117 Å². The molecule has 1 aliphatic rings. The molecule has 0 aromatic heterocycles. The molecule has 2 atom stereocenters. The van der Waals surface area contributed by atoms with Gasteiger partial charge in [-0.25, -0.2) is 4.18 Å². The maximum atomic E-state index is 7.02. The van der Waals surface area contributed by atoms with Crippen LogP contribution in [0.4, 0.5) is 0 Å². The highest BCUT2D eigenvalue weighted by Crippen LogP contribution is 2.48. The summed E-state index contributed by atoms with van der Waals surface area (Å²) in [5.41, 5.74) is 9.05. The Morgan fingerprint density at radius 1 is 0.754 bits per heavy atom. The molecule has 0 radical (unpaired) electrons. The number of unbranched alkanes of at least 4 members (excludes halogenated alkanes) is 14. The number of allylic oxidation sites excluding steroid dienone is 8. The third-order valence-electron chi connectivity index (χ3n) is 13.3. The smallest absolute Gasteiger partial charge is 0.220 e. The lowest BCUT2D eigenvalue weighted by Crippen LogP contribution is -2.37. The Hall–Kier alpha value is -2.43. The molecule has 1 heterocycles. The zero-order valence-corrected chi connectivity index (χ0v) is 45.4. The highest BCUT2D eigenvalue weighted by Gasteiger charge is 2.35. The molecule has 372 valence electrons. The van der Waals surface area contributed by atoms with E-state index in [0.717, 1.165) is 107 Å². The molecule has 0 amide bonds. The van der Waals surface area contributed by atoms with Gasteiger partial charge in [-0.1, -0.05) is 124 Å². The molecule has 0 saturated carbocycles. The molecule has 2 unspecified atom stereocenters. The Morgan fingerprint density at radius 3 is 1.98 bits per heavy atom. The molecular weight excluding hydrogens is 819 g/mol. The van der Waals surface area contributed by atoms with Gasteiger partial charge >= 0.3 is 0 Å². The third-order valence-corrected chi connectivity index (χ3v) is 14.7. The van der Waals surface area contributed by atoms with Crippen molar-refractivity contribution in [3.05, 3.63) is 69.4 Å². The summed E-state index contributed by atoms with van der Waals surface area (Å²) in [5.74, 6) is 4.77. The van der Waals surface area contributed by atoms with E-state index in [2.05, 4.69) is 123 Å². The van der Waals surface area contributed by atoms with Crippen molar-refractivity contribution in [2.24, 2.45) is 0 Å². The summed E-state index contributed by atoms with van der Waals surface area (Å²) in [7, 11) is 0.313. The fraction of sp³-hybridized carbons (Fsp3) is 0.729. The van der Waals surface area contributed by atoms with Crippen LogP contribution >= 0.6 is 10.6 Å². The summed E-state index contributed by atoms with van der Waals surface area (Å²) in [6.07, 6.45) is 52.1. The van der Waals surface area contributed by atoms with Crippen molar-refractivity contribution in [2.45, 2.75) is 241 Å². The zero-order chi connectivity index (χ0) is 47.9. The largest absolute Gasteiger partial charge is 0.487 e. The number of hydrogen-bond acceptors (Lipinski definition) is 5. The number of nitrogens with zero attached hydrogens (tertiary/aromatic N) is 1. The minimum Gasteiger partial charge on any atom is -0.487 e. The van der Waals surface area contributed by atoms with Crippen LogP contribution in [0.25, 0.3) is 0 Å². The Bertz CT molecular complexity index is 1630. The second-order valence-electron chi connectivity index (χ2n) is 20.4. The lowest BCUT2D eigenvalue weighted by molar-refractivity contribution is -0.00192. The van der Waals surface area contributed by atoms with E-state index in [1.807, 2.05) is 0 Å². The number of ether oxygens (including phenoxy) is 2. The van der Waals surface area contributed by atoms with Crippen molar-refractivity contribution in [3.8, 4) is 23.8 Å². The van der Waals surface area contributed by atoms with Crippen LogP contribution in [-0.4, -0.2) is 56.0 Å². The van der Waals surface area contributed by atoms with Gasteiger partial charge in [0.05, 0.1) is 13.2 Å². The van der Waals surface area contributed by atoms with Gasteiger partial charge in [-0.3, -0.25) is 9.08 Å². The normalized spacial score (nSPS) is 16.4. The van der Waals surface area contributed by atoms with Gasteiger partial charge in [0.1, 0.15) is 17.1 Å². The van der Waals surface area contributed by atoms with E-state index >= 15 is 0 Å². The monoisotopic (exact) mass is 920 g/mol. The van der Waals surface area contributed by atoms with Crippen LogP contribution in [0, 0.1) is 33.1 Å². The lowest BCUT2D eigenvalue weighted by Gasteiger charge is -2.40. The minimum absolute atomic E-state index is 0.185. The van der Waals surface area contributed by atoms with Crippen molar-refractivity contribution < 1.29 is 17.8 Å². The molecule has 5 nitrogen and oxygen atoms in total. The van der Waals surface area contributed by atoms with Crippen LogP contribution in [-0.2, 0) is 14.8 Å². The van der Waals surface area contributed by atoms with Gasteiger partial charge in [-0.15, -0.1) is 6.42 Å². The van der Waals surface area contributed by atoms with Crippen molar-refractivity contribution in [2.75, 3.05) is 39.3 Å². The molecular formula is C59H101NO4S. The van der Waals surface area contributed by atoms with E-state index in [4.69, 9.17) is 24.3 Å². The molecule has 0 spiro atoms. The second kappa shape index (κ2) is 33.9. The van der Waals surface area contributed by atoms with Crippen molar-refractivity contribution in [3.63, 3.8) is 0 Å². The molecule has 0 N–H and O–H groups in total. The third kappa shape index (κ3) is 26.1. The van der Waals surface area contributed by atoms with Gasteiger partial charge in [-0.05, 0) is 182 Å². The Kier molecular flexibility index (Phi) is 30.7. The molecule has 65 heavy (non-hydrogen) atoms. The van der Waals surface area contributed by atoms with Crippen molar-refractivity contribution in [1.82, 2.24) is 4.90 Å². The van der Waals surface area contributed by atoms with Gasteiger partial charge < -0.3 is 9.47 Å². The first-order valence-electron chi connectivity index (χ1n) is 26.4. The highest BCUT2D eigenvalue weighted by atomic mass is 32.3. The Morgan fingerprint density at radius 2 is 1.34 bits per heavy atom. The second-order valence-corrected chi connectivity index (χ2v) is 23.1.